The van der Waals surface area contributed by atoms with Crippen LogP contribution in [0.2, 0.25) is 0 Å². The highest BCUT2D eigenvalue weighted by Gasteiger charge is 2.03. The molecule has 0 amide bonds. The molecule has 0 saturated heterocycles. The van der Waals surface area contributed by atoms with Gasteiger partial charge in [0, 0.05) is 4.90 Å². The summed E-state index contributed by atoms with van der Waals surface area (Å²) in [4.78, 5) is 0.901. The van der Waals surface area contributed by atoms with Crippen molar-refractivity contribution >= 4 is 33.4 Å². The summed E-state index contributed by atoms with van der Waals surface area (Å²) in [6, 6.07) is 9.55. The molecule has 1 aromatic carbocycles. The molecule has 1 rings (SSSR count). The quantitative estimate of drug-likeness (QED) is 0.784. The molecule has 0 aromatic heterocycles. The number of hydrogen-bond donors (Lipinski definition) is 0. The summed E-state index contributed by atoms with van der Waals surface area (Å²) < 4.78 is 12.8. The SMILES string of the molecule is C/C=C(\I)CS(=O)c1ccccc1. The molecule has 0 fully saturated rings. The van der Waals surface area contributed by atoms with Crippen LogP contribution < -0.4 is 0 Å². The number of benzene rings is 1. The van der Waals surface area contributed by atoms with Crippen LogP contribution in [0, 0.1) is 0 Å². The molecule has 0 saturated carbocycles. The minimum Gasteiger partial charge on any atom is -0.254 e. The van der Waals surface area contributed by atoms with Crippen LogP contribution in [0.15, 0.2) is 44.9 Å². The molecule has 1 nitrogen and oxygen atoms in total. The highest BCUT2D eigenvalue weighted by Crippen LogP contribution is 2.13. The van der Waals surface area contributed by atoms with Gasteiger partial charge in [-0.3, -0.25) is 4.21 Å². The number of rotatable bonds is 3. The van der Waals surface area contributed by atoms with E-state index in [-0.39, 0.29) is 0 Å². The van der Waals surface area contributed by atoms with E-state index in [1.165, 1.54) is 0 Å². The van der Waals surface area contributed by atoms with E-state index in [9.17, 15) is 4.21 Å². The lowest BCUT2D eigenvalue weighted by Crippen LogP contribution is -1.97. The van der Waals surface area contributed by atoms with E-state index in [4.69, 9.17) is 0 Å². The molecular weight excluding hydrogens is 295 g/mol. The van der Waals surface area contributed by atoms with Gasteiger partial charge in [-0.25, -0.2) is 0 Å². The molecular formula is C10H11IOS. The van der Waals surface area contributed by atoms with Crippen LogP contribution >= 0.6 is 22.6 Å². The second-order valence-electron chi connectivity index (χ2n) is 2.54. The standard InChI is InChI=1S/C10H11IOS/c1-2-9(11)8-13(12)10-6-4-3-5-7-10/h2-7H,8H2,1H3/b9-2-. The lowest BCUT2D eigenvalue weighted by Gasteiger charge is -2.00. The van der Waals surface area contributed by atoms with Crippen LogP contribution in [-0.4, -0.2) is 9.96 Å². The van der Waals surface area contributed by atoms with E-state index in [0.717, 1.165) is 8.48 Å². The Bertz CT molecular complexity index is 319. The van der Waals surface area contributed by atoms with Crippen molar-refractivity contribution in [2.75, 3.05) is 5.75 Å². The fourth-order valence-corrected chi connectivity index (χ4v) is 2.76. The van der Waals surface area contributed by atoms with Crippen LogP contribution in [0.1, 0.15) is 6.92 Å². The monoisotopic (exact) mass is 306 g/mol. The number of halogens is 1. The first-order chi connectivity index (χ1) is 6.24. The maximum Gasteiger partial charge on any atom is 0.0587 e. The molecule has 0 aliphatic heterocycles. The van der Waals surface area contributed by atoms with E-state index in [2.05, 4.69) is 22.6 Å². The average molecular weight is 306 g/mol. The van der Waals surface area contributed by atoms with Gasteiger partial charge in [0.25, 0.3) is 0 Å². The summed E-state index contributed by atoms with van der Waals surface area (Å²) in [6.07, 6.45) is 1.99. The third-order valence-corrected chi connectivity index (χ3v) is 4.48. The Labute approximate surface area is 94.8 Å². The Morgan fingerprint density at radius 2 is 2.08 bits per heavy atom. The lowest BCUT2D eigenvalue weighted by molar-refractivity contribution is 0.685. The van der Waals surface area contributed by atoms with Gasteiger partial charge in [-0.2, -0.15) is 0 Å². The van der Waals surface area contributed by atoms with Gasteiger partial charge in [0.2, 0.25) is 0 Å². The molecule has 70 valence electrons. The van der Waals surface area contributed by atoms with Gasteiger partial charge >= 0.3 is 0 Å². The van der Waals surface area contributed by atoms with E-state index in [1.807, 2.05) is 43.3 Å². The molecule has 0 spiro atoms. The van der Waals surface area contributed by atoms with Crippen LogP contribution in [0.25, 0.3) is 0 Å². The Hall–Kier alpha value is -0.160. The van der Waals surface area contributed by atoms with Gasteiger partial charge in [0.1, 0.15) is 0 Å². The Morgan fingerprint density at radius 1 is 1.46 bits per heavy atom. The molecule has 0 aliphatic rings. The van der Waals surface area contributed by atoms with Crippen molar-refractivity contribution in [3.05, 3.63) is 40.0 Å². The highest BCUT2D eigenvalue weighted by atomic mass is 127. The predicted molar refractivity (Wildman–Crippen MR) is 65.5 cm³/mol. The molecule has 0 aliphatic carbocycles. The van der Waals surface area contributed by atoms with E-state index in [0.29, 0.717) is 5.75 Å². The van der Waals surface area contributed by atoms with Crippen molar-refractivity contribution in [2.24, 2.45) is 0 Å². The molecule has 1 unspecified atom stereocenters. The number of hydrogen-bond acceptors (Lipinski definition) is 1. The Morgan fingerprint density at radius 3 is 2.62 bits per heavy atom. The third-order valence-electron chi connectivity index (χ3n) is 1.59. The van der Waals surface area contributed by atoms with E-state index in [1.54, 1.807) is 0 Å². The lowest BCUT2D eigenvalue weighted by atomic mass is 10.4. The first-order valence-corrected chi connectivity index (χ1v) is 6.38. The average Bonchev–Trinajstić information content (AvgIpc) is 2.19. The zero-order chi connectivity index (χ0) is 9.68. The predicted octanol–water partition coefficient (Wildman–Crippen LogP) is 3.13. The van der Waals surface area contributed by atoms with Crippen LogP contribution in [0.3, 0.4) is 0 Å². The smallest absolute Gasteiger partial charge is 0.0587 e. The van der Waals surface area contributed by atoms with Crippen molar-refractivity contribution in [1.29, 1.82) is 0 Å². The highest BCUT2D eigenvalue weighted by molar-refractivity contribution is 14.1. The van der Waals surface area contributed by atoms with Crippen molar-refractivity contribution in [3.63, 3.8) is 0 Å². The molecule has 1 atom stereocenters. The van der Waals surface area contributed by atoms with Crippen LogP contribution in [-0.2, 0) is 10.8 Å². The summed E-state index contributed by atoms with van der Waals surface area (Å²) >= 11 is 2.22. The van der Waals surface area contributed by atoms with Gasteiger partial charge in [-0.05, 0) is 45.2 Å². The summed E-state index contributed by atoms with van der Waals surface area (Å²) in [5.41, 5.74) is 0. The van der Waals surface area contributed by atoms with E-state index < -0.39 is 10.8 Å². The maximum atomic E-state index is 11.7. The zero-order valence-electron chi connectivity index (χ0n) is 7.37. The summed E-state index contributed by atoms with van der Waals surface area (Å²) in [5.74, 6) is 0.626. The van der Waals surface area contributed by atoms with Crippen molar-refractivity contribution in [3.8, 4) is 0 Å². The van der Waals surface area contributed by atoms with Crippen LogP contribution in [0.4, 0.5) is 0 Å². The minimum atomic E-state index is -0.889. The summed E-state index contributed by atoms with van der Waals surface area (Å²) in [5, 5.41) is 0. The first kappa shape index (κ1) is 10.9. The Kier molecular flexibility index (Phi) is 4.66. The molecule has 0 N–H and O–H groups in total. The van der Waals surface area contributed by atoms with Gasteiger partial charge in [0.05, 0.1) is 16.6 Å². The molecule has 0 bridgehead atoms. The largest absolute Gasteiger partial charge is 0.254 e. The molecule has 13 heavy (non-hydrogen) atoms. The Balaban J connectivity index is 2.70. The van der Waals surface area contributed by atoms with Crippen molar-refractivity contribution in [1.82, 2.24) is 0 Å². The van der Waals surface area contributed by atoms with Crippen molar-refractivity contribution in [2.45, 2.75) is 11.8 Å². The van der Waals surface area contributed by atoms with Crippen LogP contribution in [0.5, 0.6) is 0 Å². The van der Waals surface area contributed by atoms with Gasteiger partial charge < -0.3 is 0 Å². The second kappa shape index (κ2) is 5.54. The molecule has 3 heteroatoms. The first-order valence-electron chi connectivity index (χ1n) is 3.98. The summed E-state index contributed by atoms with van der Waals surface area (Å²) in [7, 11) is -0.889. The number of allylic oxidation sites excluding steroid dienone is 1. The topological polar surface area (TPSA) is 17.1 Å². The molecule has 0 heterocycles. The van der Waals surface area contributed by atoms with Gasteiger partial charge in [-0.15, -0.1) is 0 Å². The van der Waals surface area contributed by atoms with Gasteiger partial charge in [0.15, 0.2) is 0 Å². The minimum absolute atomic E-state index is 0.626. The fraction of sp³-hybridized carbons (Fsp3) is 0.200. The van der Waals surface area contributed by atoms with Crippen molar-refractivity contribution < 1.29 is 4.21 Å². The summed E-state index contributed by atoms with van der Waals surface area (Å²) in [6.45, 7) is 1.96. The second-order valence-corrected chi connectivity index (χ2v) is 5.38. The maximum absolute atomic E-state index is 11.7. The molecule has 0 radical (unpaired) electrons. The van der Waals surface area contributed by atoms with E-state index >= 15 is 0 Å². The fourth-order valence-electron chi connectivity index (χ4n) is 0.864. The zero-order valence-corrected chi connectivity index (χ0v) is 10.3. The normalized spacial score (nSPS) is 14.2. The third kappa shape index (κ3) is 3.60. The van der Waals surface area contributed by atoms with Gasteiger partial charge in [-0.1, -0.05) is 24.3 Å². The molecule has 1 aromatic rings.